The van der Waals surface area contributed by atoms with Gasteiger partial charge in [-0.1, -0.05) is 6.07 Å². The van der Waals surface area contributed by atoms with Crippen molar-refractivity contribution in [2.75, 3.05) is 34.8 Å². The molecule has 4 nitrogen and oxygen atoms in total. The van der Waals surface area contributed by atoms with Gasteiger partial charge in [0.1, 0.15) is 0 Å². The number of aliphatic hydroxyl groups excluding tert-OH is 1. The molecule has 5 heteroatoms. The van der Waals surface area contributed by atoms with Crippen LogP contribution < -0.4 is 10.2 Å². The number of amides is 1. The van der Waals surface area contributed by atoms with E-state index in [4.69, 9.17) is 0 Å². The van der Waals surface area contributed by atoms with E-state index in [0.717, 1.165) is 36.0 Å². The number of aliphatic hydroxyl groups is 1. The highest BCUT2D eigenvalue weighted by molar-refractivity contribution is 7.99. The van der Waals surface area contributed by atoms with Gasteiger partial charge in [0.05, 0.1) is 0 Å². The van der Waals surface area contributed by atoms with E-state index < -0.39 is 6.10 Å². The van der Waals surface area contributed by atoms with Crippen molar-refractivity contribution in [1.82, 2.24) is 0 Å². The molecule has 0 spiro atoms. The van der Waals surface area contributed by atoms with Gasteiger partial charge < -0.3 is 15.3 Å². The van der Waals surface area contributed by atoms with Crippen molar-refractivity contribution in [2.24, 2.45) is 0 Å². The molecular formula is C12H14N2O2S. The van der Waals surface area contributed by atoms with E-state index in [1.54, 1.807) is 0 Å². The van der Waals surface area contributed by atoms with E-state index in [9.17, 15) is 9.90 Å². The van der Waals surface area contributed by atoms with Crippen molar-refractivity contribution in [2.45, 2.75) is 6.10 Å². The molecule has 2 heterocycles. The van der Waals surface area contributed by atoms with Crippen molar-refractivity contribution in [1.29, 1.82) is 0 Å². The maximum Gasteiger partial charge on any atom is 0.257 e. The molecule has 1 unspecified atom stereocenters. The van der Waals surface area contributed by atoms with Gasteiger partial charge in [-0.3, -0.25) is 4.79 Å². The van der Waals surface area contributed by atoms with Gasteiger partial charge in [-0.2, -0.15) is 11.8 Å². The van der Waals surface area contributed by atoms with Crippen LogP contribution in [0.2, 0.25) is 0 Å². The Hall–Kier alpha value is -1.20. The Bertz CT molecular complexity index is 458. The lowest BCUT2D eigenvalue weighted by Crippen LogP contribution is -2.32. The molecule has 1 saturated heterocycles. The number of hydrogen-bond donors (Lipinski definition) is 2. The van der Waals surface area contributed by atoms with Gasteiger partial charge in [0.25, 0.3) is 5.91 Å². The number of carbonyl (C=O) groups excluding carboxylic acids is 1. The first-order valence-corrected chi connectivity index (χ1v) is 6.87. The average Bonchev–Trinajstić information content (AvgIpc) is 2.66. The zero-order chi connectivity index (χ0) is 11.8. The Morgan fingerprint density at radius 2 is 2.12 bits per heavy atom. The smallest absolute Gasteiger partial charge is 0.257 e. The molecule has 2 N–H and O–H groups in total. The maximum atomic E-state index is 11.3. The van der Waals surface area contributed by atoms with Gasteiger partial charge in [-0.15, -0.1) is 0 Å². The van der Waals surface area contributed by atoms with Crippen molar-refractivity contribution in [3.63, 3.8) is 0 Å². The topological polar surface area (TPSA) is 52.6 Å². The maximum absolute atomic E-state index is 11.3. The summed E-state index contributed by atoms with van der Waals surface area (Å²) in [6.45, 7) is 2.08. The SMILES string of the molecule is O=C1Nc2cc(N3CCSCC3)ccc2C1O. The van der Waals surface area contributed by atoms with Gasteiger partial charge in [0.15, 0.2) is 6.10 Å². The second-order valence-corrected chi connectivity index (χ2v) is 5.49. The van der Waals surface area contributed by atoms with Gasteiger partial charge >= 0.3 is 0 Å². The molecule has 3 rings (SSSR count). The van der Waals surface area contributed by atoms with Crippen LogP contribution in [0.1, 0.15) is 11.7 Å². The third kappa shape index (κ3) is 1.89. The van der Waals surface area contributed by atoms with Crippen LogP contribution in [-0.2, 0) is 4.79 Å². The molecule has 1 aromatic carbocycles. The van der Waals surface area contributed by atoms with Crippen molar-refractivity contribution in [3.05, 3.63) is 23.8 Å². The lowest BCUT2D eigenvalue weighted by atomic mass is 10.1. The summed E-state index contributed by atoms with van der Waals surface area (Å²) in [5, 5.41) is 12.3. The van der Waals surface area contributed by atoms with Crippen LogP contribution in [0.5, 0.6) is 0 Å². The summed E-state index contributed by atoms with van der Waals surface area (Å²) in [6.07, 6.45) is -1.00. The van der Waals surface area contributed by atoms with Crippen LogP contribution >= 0.6 is 11.8 Å². The Balaban J connectivity index is 1.89. The molecule has 2 aliphatic heterocycles. The van der Waals surface area contributed by atoms with Crippen LogP contribution in [0.25, 0.3) is 0 Å². The monoisotopic (exact) mass is 250 g/mol. The number of nitrogens with one attached hydrogen (secondary N) is 1. The molecule has 1 fully saturated rings. The van der Waals surface area contributed by atoms with Crippen molar-refractivity contribution in [3.8, 4) is 0 Å². The van der Waals surface area contributed by atoms with E-state index in [1.807, 2.05) is 30.0 Å². The van der Waals surface area contributed by atoms with E-state index in [1.165, 1.54) is 0 Å². The normalized spacial score (nSPS) is 23.5. The molecule has 0 radical (unpaired) electrons. The van der Waals surface area contributed by atoms with Crippen molar-refractivity contribution >= 4 is 29.0 Å². The number of anilines is 2. The molecule has 90 valence electrons. The number of benzene rings is 1. The Morgan fingerprint density at radius 1 is 1.35 bits per heavy atom. The molecule has 17 heavy (non-hydrogen) atoms. The van der Waals surface area contributed by atoms with Crippen LogP contribution in [0.4, 0.5) is 11.4 Å². The number of thioether (sulfide) groups is 1. The average molecular weight is 250 g/mol. The molecular weight excluding hydrogens is 236 g/mol. The van der Waals surface area contributed by atoms with Crippen LogP contribution in [-0.4, -0.2) is 35.6 Å². The minimum absolute atomic E-state index is 0.327. The predicted molar refractivity (Wildman–Crippen MR) is 69.6 cm³/mol. The molecule has 2 aliphatic rings. The number of rotatable bonds is 1. The largest absolute Gasteiger partial charge is 0.378 e. The standard InChI is InChI=1S/C12H14N2O2S/c15-11-9-2-1-8(7-10(9)13-12(11)16)14-3-5-17-6-4-14/h1-2,7,11,15H,3-6H2,(H,13,16). The van der Waals surface area contributed by atoms with E-state index in [2.05, 4.69) is 10.2 Å². The predicted octanol–water partition coefficient (Wildman–Crippen LogP) is 1.23. The zero-order valence-corrected chi connectivity index (χ0v) is 10.2. The summed E-state index contributed by atoms with van der Waals surface area (Å²) in [7, 11) is 0. The molecule has 0 bridgehead atoms. The van der Waals surface area contributed by atoms with Crippen molar-refractivity contribution < 1.29 is 9.90 Å². The highest BCUT2D eigenvalue weighted by Crippen LogP contribution is 2.34. The summed E-state index contributed by atoms with van der Waals surface area (Å²) < 4.78 is 0. The summed E-state index contributed by atoms with van der Waals surface area (Å²) in [5.74, 6) is 1.96. The highest BCUT2D eigenvalue weighted by atomic mass is 32.2. The second kappa shape index (κ2) is 4.23. The van der Waals surface area contributed by atoms with Gasteiger partial charge in [0, 0.05) is 41.5 Å². The molecule has 1 atom stereocenters. The fourth-order valence-electron chi connectivity index (χ4n) is 2.25. The lowest BCUT2D eigenvalue weighted by molar-refractivity contribution is -0.123. The van der Waals surface area contributed by atoms with Crippen LogP contribution in [0.3, 0.4) is 0 Å². The van der Waals surface area contributed by atoms with Crippen LogP contribution in [0, 0.1) is 0 Å². The molecule has 1 amide bonds. The number of nitrogens with zero attached hydrogens (tertiary/aromatic N) is 1. The third-order valence-electron chi connectivity index (χ3n) is 3.21. The molecule has 0 aromatic heterocycles. The van der Waals surface area contributed by atoms with Gasteiger partial charge in [0.2, 0.25) is 0 Å². The third-order valence-corrected chi connectivity index (χ3v) is 4.16. The van der Waals surface area contributed by atoms with Crippen LogP contribution in [0.15, 0.2) is 18.2 Å². The first-order valence-electron chi connectivity index (χ1n) is 5.71. The zero-order valence-electron chi connectivity index (χ0n) is 9.35. The Labute approximate surface area is 104 Å². The Kier molecular flexibility index (Phi) is 2.72. The molecule has 1 aromatic rings. The van der Waals surface area contributed by atoms with E-state index >= 15 is 0 Å². The van der Waals surface area contributed by atoms with Gasteiger partial charge in [-0.25, -0.2) is 0 Å². The summed E-state index contributed by atoms with van der Waals surface area (Å²) in [4.78, 5) is 13.7. The number of hydrogen-bond acceptors (Lipinski definition) is 4. The number of carbonyl (C=O) groups is 1. The first-order chi connectivity index (χ1) is 8.25. The summed E-state index contributed by atoms with van der Waals surface area (Å²) in [5.41, 5.74) is 2.56. The van der Waals surface area contributed by atoms with E-state index in [-0.39, 0.29) is 5.91 Å². The fraction of sp³-hybridized carbons (Fsp3) is 0.417. The highest BCUT2D eigenvalue weighted by Gasteiger charge is 2.28. The second-order valence-electron chi connectivity index (χ2n) is 4.26. The van der Waals surface area contributed by atoms with E-state index in [0.29, 0.717) is 5.56 Å². The van der Waals surface area contributed by atoms with Gasteiger partial charge in [-0.05, 0) is 12.1 Å². The molecule has 0 aliphatic carbocycles. The molecule has 0 saturated carbocycles. The summed E-state index contributed by atoms with van der Waals surface area (Å²) >= 11 is 1.97. The minimum Gasteiger partial charge on any atom is -0.378 e. The lowest BCUT2D eigenvalue weighted by Gasteiger charge is -2.28. The quantitative estimate of drug-likeness (QED) is 0.787. The summed E-state index contributed by atoms with van der Waals surface area (Å²) in [6, 6.07) is 5.78. The fourth-order valence-corrected chi connectivity index (χ4v) is 3.15. The Morgan fingerprint density at radius 3 is 2.88 bits per heavy atom. The first kappa shape index (κ1) is 10.9. The number of fused-ring (bicyclic) bond motifs is 1. The minimum atomic E-state index is -1.00.